The molecule has 97 heavy (non-hydrogen) atoms. The number of hydrogen-bond acceptors (Lipinski definition) is 15. The fraction of sp³-hybridized carbons (Fsp3) is 0.817. The van der Waals surface area contributed by atoms with Crippen molar-refractivity contribution in [2.75, 3.05) is 74.7 Å². The van der Waals surface area contributed by atoms with Gasteiger partial charge in [-0.15, -0.1) is 11.8 Å². The Morgan fingerprint density at radius 1 is 0.526 bits per heavy atom. The summed E-state index contributed by atoms with van der Waals surface area (Å²) in [6.45, 7) is 35.7. The third-order valence-electron chi connectivity index (χ3n) is 18.5. The van der Waals surface area contributed by atoms with E-state index in [2.05, 4.69) is 26.2 Å². The van der Waals surface area contributed by atoms with Crippen LogP contribution < -0.4 is 21.3 Å². The maximum atomic E-state index is 15.5. The predicted molar refractivity (Wildman–Crippen MR) is 383 cm³/mol. The minimum Gasteiger partial charge on any atom is -0.390 e. The summed E-state index contributed by atoms with van der Waals surface area (Å²) in [5.74, 6) is -9.62. The Labute approximate surface area is 586 Å². The zero-order valence-electron chi connectivity index (χ0n) is 64.1. The quantitative estimate of drug-likeness (QED) is 0.0550. The number of allylic oxidation sites excluding steroid dienone is 2. The molecule has 1 rings (SSSR count). The first-order chi connectivity index (χ1) is 44.9. The molecule has 0 saturated carbocycles. The second-order valence-corrected chi connectivity index (χ2v) is 30.7. The highest BCUT2D eigenvalue weighted by atomic mass is 32.2. The normalized spacial score (nSPS) is 26.0. The van der Waals surface area contributed by atoms with Crippen molar-refractivity contribution >= 4 is 76.7 Å². The Balaban J connectivity index is 4.64. The van der Waals surface area contributed by atoms with Crippen LogP contribution in [0.1, 0.15) is 189 Å². The molecule has 0 aliphatic carbocycles. The molecule has 26 heteroatoms. The molecule has 0 aromatic carbocycles. The van der Waals surface area contributed by atoms with Crippen LogP contribution >= 0.6 is 11.8 Å². The van der Waals surface area contributed by atoms with Crippen LogP contribution in [-0.2, 0) is 52.7 Å². The summed E-state index contributed by atoms with van der Waals surface area (Å²) in [5.41, 5.74) is -1.59. The summed E-state index contributed by atoms with van der Waals surface area (Å²) in [6.07, 6.45) is 3.87. The molecule has 13 atom stereocenters. The molecule has 0 aromatic rings. The van der Waals surface area contributed by atoms with Gasteiger partial charge in [0.1, 0.15) is 60.4 Å². The zero-order valence-corrected chi connectivity index (χ0v) is 64.9. The molecule has 6 N–H and O–H groups in total. The lowest BCUT2D eigenvalue weighted by atomic mass is 9.91. The van der Waals surface area contributed by atoms with Crippen molar-refractivity contribution in [3.63, 3.8) is 0 Å². The average Bonchev–Trinajstić information content (AvgIpc) is 0.830. The minimum absolute atomic E-state index is 0.0417. The first kappa shape index (κ1) is 89.2. The topological polar surface area (TPSA) is 302 Å². The monoisotopic (exact) mass is 1390 g/mol. The zero-order chi connectivity index (χ0) is 75.0. The lowest BCUT2D eigenvalue weighted by molar-refractivity contribution is -0.157. The van der Waals surface area contributed by atoms with Crippen LogP contribution in [0.3, 0.4) is 0 Å². The standard InChI is InChI=1S/C71H130N12O13S/c1-27-31-34-47(15)58(84)57-62(88)74-50(33-28-2)64(90)82(26)70(97-38-32-37-83(29-3)30-4)69(95)79(23)54(41-71(18,19)96)61(87)75-55(45(11)12)67(93)76(20)51(36-35-42(5)6)60(86)72-48(16)59(85)73-49(17)63(89)77(21)52(39-43(7)8)65(91)78(22)53(40-44(9)10)66(92)80(24)56(46(13)14)68(94)81(57)25/h27,31,42-58,70,84,96H,28-30,32-41H2,1-26H3,(H,72,86)(H,73,85)(H,74,88)(H,75,87)/b31-27+/t47-,48-,49+,50-,51-,52+,53-,54+,55-,56-,57+,58-,70-/m1/s1. The van der Waals surface area contributed by atoms with E-state index in [4.69, 9.17) is 0 Å². The number of carbonyl (C=O) groups is 11. The van der Waals surface area contributed by atoms with Crippen molar-refractivity contribution < 1.29 is 63.0 Å². The summed E-state index contributed by atoms with van der Waals surface area (Å²) in [4.78, 5) is 176. The molecule has 1 saturated heterocycles. The highest BCUT2D eigenvalue weighted by Gasteiger charge is 2.47. The average molecular weight is 1390 g/mol. The Hall–Kier alpha value is -5.86. The van der Waals surface area contributed by atoms with Gasteiger partial charge in [-0.1, -0.05) is 116 Å². The van der Waals surface area contributed by atoms with Crippen LogP contribution in [0.5, 0.6) is 0 Å². The van der Waals surface area contributed by atoms with Crippen molar-refractivity contribution in [2.45, 2.75) is 267 Å². The smallest absolute Gasteiger partial charge is 0.256 e. The molecule has 0 spiro atoms. The van der Waals surface area contributed by atoms with Gasteiger partial charge >= 0.3 is 0 Å². The number of nitrogens with zero attached hydrogens (tertiary/aromatic N) is 8. The number of amides is 11. The van der Waals surface area contributed by atoms with Gasteiger partial charge in [-0.2, -0.15) is 0 Å². The lowest BCUT2D eigenvalue weighted by Crippen LogP contribution is -2.64. The number of rotatable bonds is 24. The highest BCUT2D eigenvalue weighted by molar-refractivity contribution is 8.00. The molecule has 0 aromatic heterocycles. The van der Waals surface area contributed by atoms with Crippen LogP contribution in [0.2, 0.25) is 0 Å². The highest BCUT2D eigenvalue weighted by Crippen LogP contribution is 2.28. The van der Waals surface area contributed by atoms with E-state index in [1.165, 1.54) is 102 Å². The Morgan fingerprint density at radius 3 is 1.48 bits per heavy atom. The first-order valence-electron chi connectivity index (χ1n) is 35.3. The van der Waals surface area contributed by atoms with Gasteiger partial charge in [0.05, 0.1) is 11.7 Å². The molecule has 1 heterocycles. The Bertz CT molecular complexity index is 2610. The molecular weight excluding hydrogens is 1260 g/mol. The third-order valence-corrected chi connectivity index (χ3v) is 19.8. The molecule has 558 valence electrons. The number of aliphatic hydroxyl groups excluding tert-OH is 1. The Morgan fingerprint density at radius 2 is 1.01 bits per heavy atom. The van der Waals surface area contributed by atoms with Gasteiger partial charge in [0.25, 0.3) is 5.91 Å². The molecule has 1 fully saturated rings. The molecule has 0 bridgehead atoms. The largest absolute Gasteiger partial charge is 0.390 e. The summed E-state index contributed by atoms with van der Waals surface area (Å²) in [6, 6.07) is -13.1. The third kappa shape index (κ3) is 26.6. The fourth-order valence-corrected chi connectivity index (χ4v) is 13.4. The van der Waals surface area contributed by atoms with Crippen molar-refractivity contribution in [3.05, 3.63) is 12.2 Å². The molecule has 11 amide bonds. The lowest BCUT2D eigenvalue weighted by Gasteiger charge is -2.41. The van der Waals surface area contributed by atoms with Crippen LogP contribution in [0.15, 0.2) is 12.2 Å². The summed E-state index contributed by atoms with van der Waals surface area (Å²) in [5, 5.41) is 33.7. The first-order valence-corrected chi connectivity index (χ1v) is 36.4. The van der Waals surface area contributed by atoms with Crippen LogP contribution in [0, 0.1) is 35.5 Å². The number of thioether (sulfide) groups is 1. The minimum atomic E-state index is -1.66. The molecule has 0 unspecified atom stereocenters. The van der Waals surface area contributed by atoms with Crippen molar-refractivity contribution in [3.8, 4) is 0 Å². The van der Waals surface area contributed by atoms with Crippen molar-refractivity contribution in [2.24, 2.45) is 35.5 Å². The van der Waals surface area contributed by atoms with E-state index < -0.39 is 160 Å². The second kappa shape index (κ2) is 41.6. The van der Waals surface area contributed by atoms with E-state index >= 15 is 33.6 Å². The SMILES string of the molecule is C/C=C/C[C@@H](C)[C@@H](O)[C@H]1C(=O)N[C@H](CCC)C(=O)N(C)[C@H](SCCCN(CC)CC)C(=O)N(C)[C@@H](CC(C)(C)O)C(=O)N[C@H](C(C)C)C(=O)N(C)[C@H](CCC(C)C)C(=O)N[C@H](C)C(=O)N[C@@H](C)C(=O)N(C)[C@@H](CC(C)C)C(=O)N(C)[C@H](CC(C)C)C(=O)N(C)[C@H](C(C)C)C(=O)N1C. The van der Waals surface area contributed by atoms with Gasteiger partial charge in [-0.3, -0.25) is 52.7 Å². The maximum Gasteiger partial charge on any atom is 0.256 e. The number of aliphatic hydroxyl groups is 2. The van der Waals surface area contributed by atoms with Gasteiger partial charge < -0.3 is 70.7 Å². The van der Waals surface area contributed by atoms with Crippen LogP contribution in [-0.4, -0.2) is 267 Å². The molecular formula is C71H130N12O13S. The number of hydrogen-bond donors (Lipinski definition) is 6. The van der Waals surface area contributed by atoms with Crippen LogP contribution in [0.25, 0.3) is 0 Å². The second-order valence-electron chi connectivity index (χ2n) is 29.5. The molecule has 25 nitrogen and oxygen atoms in total. The van der Waals surface area contributed by atoms with Crippen LogP contribution in [0.4, 0.5) is 0 Å². The van der Waals surface area contributed by atoms with E-state index in [1.54, 1.807) is 54.5 Å². The van der Waals surface area contributed by atoms with E-state index in [0.29, 0.717) is 31.6 Å². The van der Waals surface area contributed by atoms with E-state index in [1.807, 2.05) is 61.5 Å². The molecule has 0 radical (unpaired) electrons. The van der Waals surface area contributed by atoms with E-state index in [0.717, 1.165) is 34.7 Å². The molecule has 1 aliphatic heterocycles. The summed E-state index contributed by atoms with van der Waals surface area (Å²) in [7, 11) is 9.94. The predicted octanol–water partition coefficient (Wildman–Crippen LogP) is 4.96. The number of carbonyl (C=O) groups excluding carboxylic acids is 11. The van der Waals surface area contributed by atoms with E-state index in [9.17, 15) is 29.4 Å². The maximum absolute atomic E-state index is 15.5. The summed E-state index contributed by atoms with van der Waals surface area (Å²) < 4.78 is 0. The van der Waals surface area contributed by atoms with Gasteiger partial charge in [0, 0.05) is 55.8 Å². The van der Waals surface area contributed by atoms with E-state index in [-0.39, 0.29) is 56.3 Å². The fourth-order valence-electron chi connectivity index (χ4n) is 12.2. The van der Waals surface area contributed by atoms with Gasteiger partial charge in [-0.05, 0) is 140 Å². The Kier molecular flexibility index (Phi) is 38.3. The van der Waals surface area contributed by atoms with Gasteiger partial charge in [-0.25, -0.2) is 0 Å². The van der Waals surface area contributed by atoms with Crippen molar-refractivity contribution in [1.29, 1.82) is 0 Å². The number of nitrogens with one attached hydrogen (secondary N) is 4. The molecule has 1 aliphatic rings. The van der Waals surface area contributed by atoms with Crippen molar-refractivity contribution in [1.82, 2.24) is 60.5 Å². The summed E-state index contributed by atoms with van der Waals surface area (Å²) >= 11 is 1.15. The van der Waals surface area contributed by atoms with Gasteiger partial charge in [0.2, 0.25) is 59.1 Å². The van der Waals surface area contributed by atoms with Gasteiger partial charge in [0.15, 0.2) is 5.37 Å². The number of likely N-dealkylation sites (N-methyl/N-ethyl adjacent to an activating group) is 7.